The summed E-state index contributed by atoms with van der Waals surface area (Å²) < 4.78 is 37.6. The van der Waals surface area contributed by atoms with E-state index in [1.54, 1.807) is 24.1 Å². The lowest BCUT2D eigenvalue weighted by Crippen LogP contribution is -2.62. The van der Waals surface area contributed by atoms with Gasteiger partial charge in [0.2, 0.25) is 10.0 Å². The molecule has 2 unspecified atom stereocenters. The maximum Gasteiger partial charge on any atom is 0.262 e. The predicted molar refractivity (Wildman–Crippen MR) is 168 cm³/mol. The number of rotatable bonds is 8. The quantitative estimate of drug-likeness (QED) is 0.365. The molecule has 2 saturated heterocycles. The second kappa shape index (κ2) is 12.6. The van der Waals surface area contributed by atoms with Gasteiger partial charge in [0.15, 0.2) is 5.66 Å². The molecule has 0 aliphatic carbocycles. The topological polar surface area (TPSA) is 100 Å². The second-order valence-corrected chi connectivity index (χ2v) is 13.9. The van der Waals surface area contributed by atoms with E-state index in [-0.39, 0.29) is 50.3 Å². The first-order valence-electron chi connectivity index (χ1n) is 14.1. The summed E-state index contributed by atoms with van der Waals surface area (Å²) in [5.74, 6) is 0.837. The smallest absolute Gasteiger partial charge is 0.262 e. The third-order valence-corrected chi connectivity index (χ3v) is 9.61. The molecule has 230 valence electrons. The summed E-state index contributed by atoms with van der Waals surface area (Å²) in [6.07, 6.45) is 1.00. The third-order valence-electron chi connectivity index (χ3n) is 7.81. The van der Waals surface area contributed by atoms with Crippen molar-refractivity contribution < 1.29 is 22.7 Å². The molecule has 0 aromatic heterocycles. The molecule has 2 aliphatic heterocycles. The van der Waals surface area contributed by atoms with E-state index in [0.29, 0.717) is 27.1 Å². The summed E-state index contributed by atoms with van der Waals surface area (Å²) in [4.78, 5) is 16.5. The van der Waals surface area contributed by atoms with Crippen LogP contribution in [0.25, 0.3) is 0 Å². The summed E-state index contributed by atoms with van der Waals surface area (Å²) in [5.41, 5.74) is 0.993. The summed E-state index contributed by atoms with van der Waals surface area (Å²) in [7, 11) is -1.80. The minimum absolute atomic E-state index is 0.183. The van der Waals surface area contributed by atoms with Crippen LogP contribution in [0.2, 0.25) is 10.0 Å². The van der Waals surface area contributed by atoms with Gasteiger partial charge in [-0.05, 0) is 61.4 Å². The van der Waals surface area contributed by atoms with Crippen LogP contribution < -0.4 is 20.1 Å². The Morgan fingerprint density at radius 2 is 1.40 bits per heavy atom. The van der Waals surface area contributed by atoms with Gasteiger partial charge < -0.3 is 14.4 Å². The van der Waals surface area contributed by atoms with Gasteiger partial charge in [0.1, 0.15) is 11.5 Å². The molecule has 2 atom stereocenters. The van der Waals surface area contributed by atoms with Crippen molar-refractivity contribution in [3.05, 3.63) is 93.5 Å². The molecule has 0 spiro atoms. The van der Waals surface area contributed by atoms with Gasteiger partial charge in [-0.15, -0.1) is 0 Å². The van der Waals surface area contributed by atoms with Crippen molar-refractivity contribution >= 4 is 39.1 Å². The fourth-order valence-corrected chi connectivity index (χ4v) is 6.79. The number of ether oxygens (including phenoxy) is 2. The molecule has 0 saturated carbocycles. The largest absolute Gasteiger partial charge is 0.497 e. The zero-order valence-corrected chi connectivity index (χ0v) is 26.8. The number of sulfonamides is 1. The molecule has 2 fully saturated rings. The van der Waals surface area contributed by atoms with E-state index in [0.717, 1.165) is 11.1 Å². The van der Waals surface area contributed by atoms with Crippen molar-refractivity contribution in [1.29, 1.82) is 0 Å². The Labute approximate surface area is 263 Å². The highest BCUT2D eigenvalue weighted by Crippen LogP contribution is 2.45. The molecular formula is C31H36Cl2N4O5S. The number of carbonyl (C=O) groups is 1. The molecule has 43 heavy (non-hydrogen) atoms. The lowest BCUT2D eigenvalue weighted by molar-refractivity contribution is -0.141. The number of hydrogen-bond donors (Lipinski definition) is 2. The molecule has 0 bridgehead atoms. The number of amides is 1. The molecule has 3 aromatic carbocycles. The number of nitrogens with one attached hydrogen (secondary N) is 2. The highest BCUT2D eigenvalue weighted by Gasteiger charge is 2.54. The van der Waals surface area contributed by atoms with Gasteiger partial charge in [0, 0.05) is 47.9 Å². The number of benzene rings is 3. The molecule has 5 rings (SSSR count). The lowest BCUT2D eigenvalue weighted by Gasteiger charge is -2.40. The van der Waals surface area contributed by atoms with Crippen LogP contribution in [0.4, 0.5) is 0 Å². The number of hydrogen-bond acceptors (Lipinski definition) is 7. The van der Waals surface area contributed by atoms with Crippen LogP contribution in [0.3, 0.4) is 0 Å². The zero-order valence-electron chi connectivity index (χ0n) is 24.5. The van der Waals surface area contributed by atoms with E-state index in [1.807, 2.05) is 68.4 Å². The van der Waals surface area contributed by atoms with Crippen LogP contribution >= 0.6 is 23.2 Å². The van der Waals surface area contributed by atoms with Gasteiger partial charge in [0.05, 0.1) is 31.6 Å². The average molecular weight is 648 g/mol. The van der Waals surface area contributed by atoms with Crippen LogP contribution in [0.15, 0.2) is 66.7 Å². The Bertz CT molecular complexity index is 1510. The van der Waals surface area contributed by atoms with E-state index >= 15 is 0 Å². The van der Waals surface area contributed by atoms with E-state index in [2.05, 4.69) is 10.6 Å². The summed E-state index contributed by atoms with van der Waals surface area (Å²) in [6, 6.07) is 19.7. The second-order valence-electron chi connectivity index (χ2n) is 11.1. The number of nitrogens with zero attached hydrogens (tertiary/aromatic N) is 2. The van der Waals surface area contributed by atoms with Crippen LogP contribution in [0, 0.1) is 0 Å². The first-order valence-corrected chi connectivity index (χ1v) is 16.7. The summed E-state index contributed by atoms with van der Waals surface area (Å²) in [5, 5.41) is 8.56. The van der Waals surface area contributed by atoms with Gasteiger partial charge in [-0.25, -0.2) is 8.42 Å². The van der Waals surface area contributed by atoms with E-state index < -0.39 is 15.7 Å². The van der Waals surface area contributed by atoms with Gasteiger partial charge in [-0.1, -0.05) is 47.5 Å². The fourth-order valence-electron chi connectivity index (χ4n) is 5.71. The maximum absolute atomic E-state index is 14.8. The minimum Gasteiger partial charge on any atom is -0.497 e. The Morgan fingerprint density at radius 1 is 0.884 bits per heavy atom. The molecular weight excluding hydrogens is 611 g/mol. The van der Waals surface area contributed by atoms with Gasteiger partial charge in [-0.2, -0.15) is 4.31 Å². The van der Waals surface area contributed by atoms with Crippen molar-refractivity contribution in [1.82, 2.24) is 19.8 Å². The highest BCUT2D eigenvalue weighted by molar-refractivity contribution is 7.88. The SMILES string of the molecule is COc1ccc(C2(C(=O)N3CCN(S(C)(=O)=O)CC3)NC(c3ccc(Cl)cc3)C(c3ccc(Cl)cc3)N2)c(OC(C)C)c1. The van der Waals surface area contributed by atoms with Crippen LogP contribution in [-0.4, -0.2) is 69.2 Å². The molecule has 1 amide bonds. The molecule has 12 heteroatoms. The van der Waals surface area contributed by atoms with E-state index in [4.69, 9.17) is 32.7 Å². The van der Waals surface area contributed by atoms with E-state index in [9.17, 15) is 13.2 Å². The van der Waals surface area contributed by atoms with Gasteiger partial charge in [0.25, 0.3) is 5.91 Å². The van der Waals surface area contributed by atoms with Crippen molar-refractivity contribution in [2.75, 3.05) is 39.5 Å². The monoisotopic (exact) mass is 646 g/mol. The van der Waals surface area contributed by atoms with Crippen LogP contribution in [0.5, 0.6) is 11.5 Å². The number of carbonyl (C=O) groups excluding carboxylic acids is 1. The van der Waals surface area contributed by atoms with E-state index in [1.165, 1.54) is 10.6 Å². The average Bonchev–Trinajstić information content (AvgIpc) is 3.38. The van der Waals surface area contributed by atoms with Gasteiger partial charge in [-0.3, -0.25) is 15.4 Å². The molecule has 2 aliphatic rings. The number of piperazine rings is 1. The highest BCUT2D eigenvalue weighted by atomic mass is 35.5. The Morgan fingerprint density at radius 3 is 1.84 bits per heavy atom. The Kier molecular flexibility index (Phi) is 9.27. The van der Waals surface area contributed by atoms with Crippen molar-refractivity contribution in [2.24, 2.45) is 0 Å². The first kappa shape index (κ1) is 31.6. The standard InChI is InChI=1S/C31H36Cl2N4O5S/c1-20(2)42-27-19-25(41-3)13-14-26(27)31(30(38)36-15-17-37(18-16-36)43(4,39)40)34-28(21-5-9-23(32)10-6-21)29(35-31)22-7-11-24(33)12-8-22/h5-14,19-20,28-29,34-35H,15-18H2,1-4H3. The third kappa shape index (κ3) is 6.64. The maximum atomic E-state index is 14.8. The summed E-state index contributed by atoms with van der Waals surface area (Å²) >= 11 is 12.5. The zero-order chi connectivity index (χ0) is 30.9. The lowest BCUT2D eigenvalue weighted by atomic mass is 9.95. The molecule has 0 radical (unpaired) electrons. The van der Waals surface area contributed by atoms with Crippen molar-refractivity contribution in [3.63, 3.8) is 0 Å². The van der Waals surface area contributed by atoms with Crippen molar-refractivity contribution in [3.8, 4) is 11.5 Å². The van der Waals surface area contributed by atoms with Gasteiger partial charge >= 0.3 is 0 Å². The van der Waals surface area contributed by atoms with Crippen LogP contribution in [0.1, 0.15) is 42.6 Å². The fraction of sp³-hybridized carbons (Fsp3) is 0.387. The molecule has 9 nitrogen and oxygen atoms in total. The minimum atomic E-state index is -3.38. The number of halogens is 2. The van der Waals surface area contributed by atoms with Crippen LogP contribution in [-0.2, 0) is 20.5 Å². The summed E-state index contributed by atoms with van der Waals surface area (Å²) in [6.45, 7) is 4.74. The normalized spacial score (nSPS) is 23.0. The molecule has 2 heterocycles. The Hall–Kier alpha value is -2.86. The molecule has 3 aromatic rings. The predicted octanol–water partition coefficient (Wildman–Crippen LogP) is 4.72. The Balaban J connectivity index is 1.66. The van der Waals surface area contributed by atoms with Crippen molar-refractivity contribution in [2.45, 2.75) is 37.7 Å². The number of methoxy groups -OCH3 is 1. The first-order chi connectivity index (χ1) is 20.4. The molecule has 2 N–H and O–H groups in total.